The van der Waals surface area contributed by atoms with Gasteiger partial charge < -0.3 is 4.18 Å². The van der Waals surface area contributed by atoms with Crippen molar-refractivity contribution in [1.29, 1.82) is 0 Å². The normalized spacial score (nSPS) is 28.1. The van der Waals surface area contributed by atoms with E-state index in [1.54, 1.807) is 0 Å². The lowest BCUT2D eigenvalue weighted by Crippen LogP contribution is -2.43. The molecule has 0 spiro atoms. The fraction of sp³-hybridized carbons (Fsp3) is 0.562. The van der Waals surface area contributed by atoms with Gasteiger partial charge in [-0.25, -0.2) is 0 Å². The highest BCUT2D eigenvalue weighted by Crippen LogP contribution is 2.64. The minimum Gasteiger partial charge on any atom is -0.382 e. The van der Waals surface area contributed by atoms with Crippen LogP contribution in [0.3, 0.4) is 0 Å². The summed E-state index contributed by atoms with van der Waals surface area (Å²) < 4.78 is 30.0. The molecular weight excluding hydrogens is 334 g/mol. The molecule has 2 bridgehead atoms. The molecule has 2 aliphatic carbocycles. The summed E-state index contributed by atoms with van der Waals surface area (Å²) in [4.78, 5) is 22.5. The van der Waals surface area contributed by atoms with Gasteiger partial charge in [-0.2, -0.15) is 8.42 Å². The van der Waals surface area contributed by atoms with Crippen LogP contribution >= 0.6 is 0 Å². The third kappa shape index (κ3) is 2.49. The second-order valence-electron chi connectivity index (χ2n) is 7.20. The lowest BCUT2D eigenvalue weighted by atomic mass is 9.70. The van der Waals surface area contributed by atoms with Gasteiger partial charge in [0.25, 0.3) is 5.69 Å². The van der Waals surface area contributed by atoms with Gasteiger partial charge in [-0.15, -0.1) is 0 Å². The number of carbonyl (C=O) groups excluding carboxylic acids is 1. The number of nitro groups is 1. The van der Waals surface area contributed by atoms with E-state index in [2.05, 4.69) is 0 Å². The largest absolute Gasteiger partial charge is 0.382 e. The number of hydrogen-bond acceptors (Lipinski definition) is 6. The highest BCUT2D eigenvalue weighted by molar-refractivity contribution is 7.87. The van der Waals surface area contributed by atoms with Crippen LogP contribution in [0.15, 0.2) is 24.3 Å². The van der Waals surface area contributed by atoms with Crippen molar-refractivity contribution in [1.82, 2.24) is 0 Å². The number of rotatable bonds is 5. The van der Waals surface area contributed by atoms with Gasteiger partial charge in [-0.05, 0) is 36.3 Å². The Morgan fingerprint density at radius 3 is 2.38 bits per heavy atom. The fourth-order valence-electron chi connectivity index (χ4n) is 4.21. The van der Waals surface area contributed by atoms with Crippen LogP contribution in [0.2, 0.25) is 0 Å². The first-order valence-electron chi connectivity index (χ1n) is 7.77. The Kier molecular flexibility index (Phi) is 3.71. The Labute approximate surface area is 140 Å². The maximum absolute atomic E-state index is 12.5. The molecule has 3 rings (SSSR count). The number of fused-ring (bicyclic) bond motifs is 2. The second kappa shape index (κ2) is 5.27. The molecule has 0 heterocycles. The zero-order chi connectivity index (χ0) is 17.8. The number of ketones is 1. The van der Waals surface area contributed by atoms with Crippen molar-refractivity contribution in [2.45, 2.75) is 33.1 Å². The summed E-state index contributed by atoms with van der Waals surface area (Å²) in [7, 11) is -3.99. The zero-order valence-corrected chi connectivity index (χ0v) is 14.3. The fourth-order valence-corrected chi connectivity index (χ4v) is 5.95. The van der Waals surface area contributed by atoms with Crippen LogP contribution in [-0.2, 0) is 14.9 Å². The topological polar surface area (TPSA) is 104 Å². The van der Waals surface area contributed by atoms with Gasteiger partial charge in [0, 0.05) is 18.6 Å². The SMILES string of the molecule is CC1(C)C2CCC1(CS(=O)(=O)Oc1ccc([N+](=O)[O-])cc1)C(=O)C2. The zero-order valence-electron chi connectivity index (χ0n) is 13.5. The van der Waals surface area contributed by atoms with Crippen LogP contribution in [0, 0.1) is 26.9 Å². The van der Waals surface area contributed by atoms with Gasteiger partial charge in [0.1, 0.15) is 11.5 Å². The van der Waals surface area contributed by atoms with E-state index >= 15 is 0 Å². The lowest BCUT2D eigenvalue weighted by molar-refractivity contribution is -0.384. The van der Waals surface area contributed by atoms with Gasteiger partial charge in [0.15, 0.2) is 0 Å². The molecule has 2 aliphatic rings. The molecule has 2 fully saturated rings. The first-order chi connectivity index (χ1) is 11.1. The summed E-state index contributed by atoms with van der Waals surface area (Å²) >= 11 is 0. The van der Waals surface area contributed by atoms with Crippen molar-refractivity contribution in [2.75, 3.05) is 5.75 Å². The summed E-state index contributed by atoms with van der Waals surface area (Å²) in [6.07, 6.45) is 1.85. The highest BCUT2D eigenvalue weighted by Gasteiger charge is 2.65. The molecule has 2 unspecified atom stereocenters. The van der Waals surface area contributed by atoms with Crippen molar-refractivity contribution in [3.8, 4) is 5.75 Å². The summed E-state index contributed by atoms with van der Waals surface area (Å²) in [5.74, 6) is -0.117. The minimum atomic E-state index is -3.99. The predicted octanol–water partition coefficient (Wildman–Crippen LogP) is 2.70. The third-order valence-corrected chi connectivity index (χ3v) is 7.13. The number of nitrogens with zero attached hydrogens (tertiary/aromatic N) is 1. The number of benzene rings is 1. The maximum Gasteiger partial charge on any atom is 0.310 e. The quantitative estimate of drug-likeness (QED) is 0.458. The summed E-state index contributed by atoms with van der Waals surface area (Å²) in [5, 5.41) is 10.6. The van der Waals surface area contributed by atoms with Crippen LogP contribution in [0.1, 0.15) is 33.1 Å². The van der Waals surface area contributed by atoms with Gasteiger partial charge in [0.2, 0.25) is 0 Å². The molecule has 0 saturated heterocycles. The molecule has 7 nitrogen and oxygen atoms in total. The monoisotopic (exact) mass is 353 g/mol. The first-order valence-corrected chi connectivity index (χ1v) is 9.35. The number of hydrogen-bond donors (Lipinski definition) is 0. The molecule has 1 aromatic rings. The molecule has 0 aromatic heterocycles. The van der Waals surface area contributed by atoms with Gasteiger partial charge in [-0.3, -0.25) is 14.9 Å². The van der Waals surface area contributed by atoms with E-state index in [-0.39, 0.29) is 34.3 Å². The molecule has 24 heavy (non-hydrogen) atoms. The van der Waals surface area contributed by atoms with Crippen LogP contribution in [0.5, 0.6) is 5.75 Å². The van der Waals surface area contributed by atoms with Crippen molar-refractivity contribution >= 4 is 21.6 Å². The Morgan fingerprint density at radius 2 is 1.92 bits per heavy atom. The van der Waals surface area contributed by atoms with Gasteiger partial charge in [-0.1, -0.05) is 13.8 Å². The van der Waals surface area contributed by atoms with Crippen molar-refractivity contribution in [3.05, 3.63) is 34.4 Å². The Balaban J connectivity index is 1.81. The lowest BCUT2D eigenvalue weighted by Gasteiger charge is -2.35. The predicted molar refractivity (Wildman–Crippen MR) is 86.1 cm³/mol. The van der Waals surface area contributed by atoms with Crippen LogP contribution in [0.25, 0.3) is 0 Å². The van der Waals surface area contributed by atoms with Crippen LogP contribution in [-0.4, -0.2) is 24.9 Å². The number of non-ortho nitro benzene ring substituents is 1. The van der Waals surface area contributed by atoms with Gasteiger partial charge in [0.05, 0.1) is 16.1 Å². The van der Waals surface area contributed by atoms with E-state index in [4.69, 9.17) is 4.18 Å². The van der Waals surface area contributed by atoms with E-state index in [1.165, 1.54) is 24.3 Å². The second-order valence-corrected chi connectivity index (χ2v) is 8.77. The summed E-state index contributed by atoms with van der Waals surface area (Å²) in [6, 6.07) is 4.84. The summed E-state index contributed by atoms with van der Waals surface area (Å²) in [6.45, 7) is 3.91. The van der Waals surface area contributed by atoms with Crippen molar-refractivity contribution in [2.24, 2.45) is 16.7 Å². The molecular formula is C16H19NO6S. The first kappa shape index (κ1) is 16.9. The Hall–Kier alpha value is -1.96. The highest BCUT2D eigenvalue weighted by atomic mass is 32.2. The van der Waals surface area contributed by atoms with Crippen molar-refractivity contribution < 1.29 is 22.3 Å². The Morgan fingerprint density at radius 1 is 1.29 bits per heavy atom. The molecule has 0 amide bonds. The summed E-state index contributed by atoms with van der Waals surface area (Å²) in [5.41, 5.74) is -1.41. The molecule has 0 N–H and O–H groups in total. The smallest absolute Gasteiger partial charge is 0.310 e. The van der Waals surface area contributed by atoms with E-state index in [9.17, 15) is 23.3 Å². The minimum absolute atomic E-state index is 0.000348. The molecule has 1 aromatic carbocycles. The number of nitro benzene ring substituents is 1. The van der Waals surface area contributed by atoms with Crippen LogP contribution in [0.4, 0.5) is 5.69 Å². The molecule has 2 saturated carbocycles. The van der Waals surface area contributed by atoms with Gasteiger partial charge >= 0.3 is 10.1 Å². The molecule has 8 heteroatoms. The molecule has 0 radical (unpaired) electrons. The van der Waals surface area contributed by atoms with E-state index in [0.29, 0.717) is 12.8 Å². The third-order valence-electron chi connectivity index (χ3n) is 5.83. The molecule has 130 valence electrons. The molecule has 2 atom stereocenters. The number of Topliss-reactive ketones (excluding diaryl/α,β-unsaturated/α-hetero) is 1. The standard InChI is InChI=1S/C16H19NO6S/c1-15(2)11-7-8-16(15,14(18)9-11)10-24(21,22)23-13-5-3-12(4-6-13)17(19)20/h3-6,11H,7-10H2,1-2H3. The average Bonchev–Trinajstić information content (AvgIpc) is 2.81. The van der Waals surface area contributed by atoms with E-state index in [0.717, 1.165) is 6.42 Å². The Bertz CT molecular complexity index is 798. The van der Waals surface area contributed by atoms with E-state index in [1.807, 2.05) is 13.8 Å². The van der Waals surface area contributed by atoms with Crippen molar-refractivity contribution in [3.63, 3.8) is 0 Å². The number of carbonyl (C=O) groups is 1. The average molecular weight is 353 g/mol. The molecule has 0 aliphatic heterocycles. The van der Waals surface area contributed by atoms with Crippen LogP contribution < -0.4 is 4.18 Å². The maximum atomic E-state index is 12.5. The van der Waals surface area contributed by atoms with E-state index < -0.39 is 20.5 Å².